The summed E-state index contributed by atoms with van der Waals surface area (Å²) >= 11 is 0. The molecule has 2 aromatic heterocycles. The van der Waals surface area contributed by atoms with E-state index in [1.54, 1.807) is 6.07 Å². The second-order valence-corrected chi connectivity index (χ2v) is 13.3. The van der Waals surface area contributed by atoms with Gasteiger partial charge in [-0.15, -0.1) is 23.8 Å². The third-order valence-corrected chi connectivity index (χ3v) is 8.65. The summed E-state index contributed by atoms with van der Waals surface area (Å²) in [7, 11) is 0. The molecule has 5 aromatic carbocycles. The van der Waals surface area contributed by atoms with Crippen LogP contribution in [0.2, 0.25) is 0 Å². The smallest absolute Gasteiger partial charge is 0.136 e. The molecule has 1 N–H and O–H groups in total. The van der Waals surface area contributed by atoms with E-state index >= 15 is 0 Å². The topological polar surface area (TPSA) is 49.2 Å². The number of aromatic nitrogens is 2. The molecule has 250 valence electrons. The van der Waals surface area contributed by atoms with Gasteiger partial charge in [0.2, 0.25) is 0 Å². The van der Waals surface area contributed by atoms with Crippen LogP contribution in [-0.2, 0) is 32.9 Å². The van der Waals surface area contributed by atoms with E-state index in [9.17, 15) is 5.11 Å². The number of aromatic hydroxyl groups is 1. The standard InChI is InChI=1S/C45H38N3O.Pt/c1-45(2,3)37-30-41(47-42(31-37)40-26-33(22-23-43(40)49)25-32-15-7-4-8-16-32)36-27-35(34-17-9-5-10-18-34)28-39(29-36)48(38-19-11-6-12-20-38)44-21-13-14-24-46-44;/h4-24,26-28,30-31,49H,25H2,1-3H3;/q-1;. The zero-order valence-electron chi connectivity index (χ0n) is 28.3. The van der Waals surface area contributed by atoms with E-state index < -0.39 is 0 Å². The van der Waals surface area contributed by atoms with Gasteiger partial charge in [-0.3, -0.25) is 4.98 Å². The van der Waals surface area contributed by atoms with Gasteiger partial charge in [-0.05, 0) is 87.9 Å². The van der Waals surface area contributed by atoms with Crippen LogP contribution >= 0.6 is 0 Å². The van der Waals surface area contributed by atoms with Crippen LogP contribution < -0.4 is 4.90 Å². The molecular formula is C45H38N3OPt-. The molecule has 0 radical (unpaired) electrons. The normalized spacial score (nSPS) is 11.1. The van der Waals surface area contributed by atoms with E-state index in [-0.39, 0.29) is 32.2 Å². The second-order valence-electron chi connectivity index (χ2n) is 13.3. The summed E-state index contributed by atoms with van der Waals surface area (Å²) in [6, 6.07) is 55.1. The number of phenols is 1. The molecule has 7 rings (SSSR count). The van der Waals surface area contributed by atoms with E-state index in [2.05, 4.69) is 123 Å². The Morgan fingerprint density at radius 3 is 1.98 bits per heavy atom. The van der Waals surface area contributed by atoms with Crippen molar-refractivity contribution in [2.45, 2.75) is 32.6 Å². The summed E-state index contributed by atoms with van der Waals surface area (Å²) < 4.78 is 0. The minimum absolute atomic E-state index is 0. The summed E-state index contributed by atoms with van der Waals surface area (Å²) in [5, 5.41) is 11.2. The van der Waals surface area contributed by atoms with Crippen LogP contribution in [0.4, 0.5) is 17.2 Å². The van der Waals surface area contributed by atoms with Gasteiger partial charge in [0.1, 0.15) is 11.6 Å². The summed E-state index contributed by atoms with van der Waals surface area (Å²) in [4.78, 5) is 12.1. The first-order valence-corrected chi connectivity index (χ1v) is 16.6. The predicted octanol–water partition coefficient (Wildman–Crippen LogP) is 11.3. The van der Waals surface area contributed by atoms with Crippen molar-refractivity contribution in [3.63, 3.8) is 0 Å². The average molecular weight is 832 g/mol. The fourth-order valence-electron chi connectivity index (χ4n) is 6.04. The number of nitrogens with zero attached hydrogens (tertiary/aromatic N) is 3. The van der Waals surface area contributed by atoms with Gasteiger partial charge in [0.25, 0.3) is 0 Å². The number of benzene rings is 5. The molecule has 50 heavy (non-hydrogen) atoms. The first-order valence-electron chi connectivity index (χ1n) is 16.6. The molecule has 0 aliphatic carbocycles. The fraction of sp³-hybridized carbons (Fsp3) is 0.111. The number of anilines is 3. The molecule has 2 heterocycles. The van der Waals surface area contributed by atoms with E-state index in [1.165, 1.54) is 5.56 Å². The Hall–Kier alpha value is -5.31. The van der Waals surface area contributed by atoms with Gasteiger partial charge in [0.05, 0.1) is 5.69 Å². The Morgan fingerprint density at radius 1 is 0.640 bits per heavy atom. The maximum absolute atomic E-state index is 11.2. The summed E-state index contributed by atoms with van der Waals surface area (Å²) in [6.07, 6.45) is 2.57. The van der Waals surface area contributed by atoms with Crippen LogP contribution in [-0.4, -0.2) is 15.1 Å². The van der Waals surface area contributed by atoms with Gasteiger partial charge in [-0.25, -0.2) is 4.98 Å². The van der Waals surface area contributed by atoms with Crippen LogP contribution in [0.5, 0.6) is 5.75 Å². The molecule has 5 heteroatoms. The van der Waals surface area contributed by atoms with Crippen molar-refractivity contribution in [3.8, 4) is 39.4 Å². The first kappa shape index (κ1) is 34.5. The van der Waals surface area contributed by atoms with Gasteiger partial charge in [0.15, 0.2) is 0 Å². The Bertz CT molecular complexity index is 2140. The van der Waals surface area contributed by atoms with Gasteiger partial charge in [0, 0.05) is 38.5 Å². The minimum atomic E-state index is -0.173. The largest absolute Gasteiger partial charge is 0.507 e. The molecule has 0 bridgehead atoms. The zero-order chi connectivity index (χ0) is 33.8. The number of hydrogen-bond donors (Lipinski definition) is 1. The number of pyridine rings is 2. The second kappa shape index (κ2) is 15.1. The van der Waals surface area contributed by atoms with E-state index in [0.717, 1.165) is 62.8 Å². The quantitative estimate of drug-likeness (QED) is 0.155. The molecular weight excluding hydrogens is 794 g/mol. The average Bonchev–Trinajstić information content (AvgIpc) is 3.13. The molecule has 0 aliphatic rings. The molecule has 0 amide bonds. The molecule has 7 aromatic rings. The zero-order valence-corrected chi connectivity index (χ0v) is 30.6. The van der Waals surface area contributed by atoms with Crippen LogP contribution in [0.3, 0.4) is 0 Å². The monoisotopic (exact) mass is 831 g/mol. The van der Waals surface area contributed by atoms with Crippen molar-refractivity contribution in [2.24, 2.45) is 0 Å². The molecule has 0 unspecified atom stereocenters. The van der Waals surface area contributed by atoms with Gasteiger partial charge in [-0.1, -0.05) is 123 Å². The Morgan fingerprint density at radius 2 is 1.30 bits per heavy atom. The molecule has 0 saturated carbocycles. The van der Waals surface area contributed by atoms with Crippen LogP contribution in [0.25, 0.3) is 33.6 Å². The predicted molar refractivity (Wildman–Crippen MR) is 201 cm³/mol. The first-order chi connectivity index (χ1) is 23.8. The number of hydrogen-bond acceptors (Lipinski definition) is 4. The van der Waals surface area contributed by atoms with Gasteiger partial charge in [-0.2, -0.15) is 0 Å². The molecule has 0 spiro atoms. The number of para-hydroxylation sites is 1. The van der Waals surface area contributed by atoms with Crippen molar-refractivity contribution in [1.29, 1.82) is 0 Å². The molecule has 4 nitrogen and oxygen atoms in total. The Labute approximate surface area is 309 Å². The van der Waals surface area contributed by atoms with Gasteiger partial charge < -0.3 is 10.0 Å². The van der Waals surface area contributed by atoms with Crippen LogP contribution in [0, 0.1) is 6.07 Å². The third-order valence-electron chi connectivity index (χ3n) is 8.65. The summed E-state index contributed by atoms with van der Waals surface area (Å²) in [6.45, 7) is 6.61. The maximum atomic E-state index is 11.2. The number of rotatable bonds is 8. The minimum Gasteiger partial charge on any atom is -0.507 e. The summed E-state index contributed by atoms with van der Waals surface area (Å²) in [5.74, 6) is 0.993. The molecule has 0 saturated heterocycles. The van der Waals surface area contributed by atoms with Crippen molar-refractivity contribution >= 4 is 17.2 Å². The molecule has 0 aliphatic heterocycles. The van der Waals surface area contributed by atoms with E-state index in [4.69, 9.17) is 9.97 Å². The van der Waals surface area contributed by atoms with Crippen molar-refractivity contribution in [2.75, 3.05) is 4.90 Å². The molecule has 0 atom stereocenters. The Kier molecular flexibility index (Phi) is 10.4. The fourth-order valence-corrected chi connectivity index (χ4v) is 6.04. The van der Waals surface area contributed by atoms with Crippen LogP contribution in [0.1, 0.15) is 37.5 Å². The third kappa shape index (κ3) is 7.77. The van der Waals surface area contributed by atoms with Crippen molar-refractivity contribution < 1.29 is 26.2 Å². The van der Waals surface area contributed by atoms with Gasteiger partial charge >= 0.3 is 0 Å². The van der Waals surface area contributed by atoms with E-state index in [1.807, 2.05) is 60.8 Å². The number of phenolic OH excluding ortho intramolecular Hbond substituents is 1. The molecule has 0 fully saturated rings. The maximum Gasteiger partial charge on any atom is 0.136 e. The van der Waals surface area contributed by atoms with Crippen molar-refractivity contribution in [1.82, 2.24) is 9.97 Å². The van der Waals surface area contributed by atoms with E-state index in [0.29, 0.717) is 5.56 Å². The SMILES string of the molecule is CC(C)(C)c1cc(-c2[c-]c(N(c3ccccc3)c3ccccn3)cc(-c3ccccc3)c2)nc(-c2cc(Cc3ccccc3)ccc2O)c1.[Pt]. The van der Waals surface area contributed by atoms with Crippen molar-refractivity contribution in [3.05, 3.63) is 181 Å². The summed E-state index contributed by atoms with van der Waals surface area (Å²) in [5.41, 5.74) is 10.3. The van der Waals surface area contributed by atoms with Crippen LogP contribution in [0.15, 0.2) is 158 Å². The Balaban J connectivity index is 0.00000432.